The lowest BCUT2D eigenvalue weighted by molar-refractivity contribution is -0.138. The Labute approximate surface area is 93.0 Å². The van der Waals surface area contributed by atoms with Gasteiger partial charge in [-0.3, -0.25) is 4.79 Å². The van der Waals surface area contributed by atoms with E-state index in [-0.39, 0.29) is 6.04 Å². The summed E-state index contributed by atoms with van der Waals surface area (Å²) >= 11 is 1.81. The van der Waals surface area contributed by atoms with E-state index in [0.29, 0.717) is 5.25 Å². The molecule has 2 unspecified atom stereocenters. The molecule has 1 aliphatic heterocycles. The standard InChI is InChI=1S/C9H16N2O3S/c1-5-3-7(4-15-5)11-9(14)10-6(2)8(12)13/h5-7H,3-4H2,1-2H3,(H,12,13)(H2,10,11,14)/t5?,6-,7?/m1/s1. The van der Waals surface area contributed by atoms with Crippen LogP contribution < -0.4 is 10.6 Å². The Morgan fingerprint density at radius 3 is 2.67 bits per heavy atom. The fraction of sp³-hybridized carbons (Fsp3) is 0.778. The van der Waals surface area contributed by atoms with Crippen LogP contribution in [0.4, 0.5) is 4.79 Å². The Morgan fingerprint density at radius 1 is 1.53 bits per heavy atom. The lowest BCUT2D eigenvalue weighted by atomic mass is 10.2. The molecule has 0 aliphatic carbocycles. The molecule has 1 rings (SSSR count). The van der Waals surface area contributed by atoms with Gasteiger partial charge in [-0.2, -0.15) is 11.8 Å². The monoisotopic (exact) mass is 232 g/mol. The largest absolute Gasteiger partial charge is 0.480 e. The first kappa shape index (κ1) is 12.2. The molecule has 1 saturated heterocycles. The average Bonchev–Trinajstić information content (AvgIpc) is 2.50. The van der Waals surface area contributed by atoms with Crippen LogP contribution in [0.1, 0.15) is 20.3 Å². The van der Waals surface area contributed by atoms with Crippen molar-refractivity contribution in [1.29, 1.82) is 0 Å². The van der Waals surface area contributed by atoms with Crippen LogP contribution in [-0.2, 0) is 4.79 Å². The quantitative estimate of drug-likeness (QED) is 0.667. The Bertz CT molecular complexity index is 260. The van der Waals surface area contributed by atoms with E-state index in [9.17, 15) is 9.59 Å². The first-order valence-electron chi connectivity index (χ1n) is 4.90. The molecule has 6 heteroatoms. The number of thioether (sulfide) groups is 1. The Kier molecular flexibility index (Phi) is 4.26. The molecule has 1 fully saturated rings. The molecule has 0 aromatic rings. The van der Waals surface area contributed by atoms with E-state index in [4.69, 9.17) is 5.11 Å². The van der Waals surface area contributed by atoms with Crippen LogP contribution in [0.15, 0.2) is 0 Å². The van der Waals surface area contributed by atoms with Crippen molar-refractivity contribution in [3.05, 3.63) is 0 Å². The highest BCUT2D eigenvalue weighted by atomic mass is 32.2. The van der Waals surface area contributed by atoms with Crippen molar-refractivity contribution in [2.75, 3.05) is 5.75 Å². The fourth-order valence-corrected chi connectivity index (χ4v) is 2.55. The molecule has 0 aromatic carbocycles. The molecule has 86 valence electrons. The average molecular weight is 232 g/mol. The highest BCUT2D eigenvalue weighted by molar-refractivity contribution is 8.00. The van der Waals surface area contributed by atoms with Crippen molar-refractivity contribution in [2.24, 2.45) is 0 Å². The molecule has 3 atom stereocenters. The number of urea groups is 1. The number of amides is 2. The van der Waals surface area contributed by atoms with Crippen molar-refractivity contribution in [1.82, 2.24) is 10.6 Å². The molecule has 1 heterocycles. The summed E-state index contributed by atoms with van der Waals surface area (Å²) in [5.74, 6) is -0.130. The Hall–Kier alpha value is -0.910. The second kappa shape index (κ2) is 5.25. The predicted octanol–water partition coefficient (Wildman–Crippen LogP) is 0.653. The van der Waals surface area contributed by atoms with Crippen LogP contribution in [0.5, 0.6) is 0 Å². The summed E-state index contributed by atoms with van der Waals surface area (Å²) in [6.45, 7) is 3.55. The van der Waals surface area contributed by atoms with E-state index in [1.165, 1.54) is 6.92 Å². The van der Waals surface area contributed by atoms with Gasteiger partial charge in [-0.25, -0.2) is 4.79 Å². The molecule has 3 N–H and O–H groups in total. The van der Waals surface area contributed by atoms with Gasteiger partial charge in [-0.15, -0.1) is 0 Å². The molecule has 0 bridgehead atoms. The normalized spacial score (nSPS) is 27.1. The van der Waals surface area contributed by atoms with Crippen LogP contribution in [0.25, 0.3) is 0 Å². The van der Waals surface area contributed by atoms with Crippen LogP contribution in [0.2, 0.25) is 0 Å². The highest BCUT2D eigenvalue weighted by Gasteiger charge is 2.24. The van der Waals surface area contributed by atoms with Crippen LogP contribution >= 0.6 is 11.8 Å². The minimum atomic E-state index is -1.03. The number of carboxylic acid groups (broad SMARTS) is 1. The number of nitrogens with one attached hydrogen (secondary N) is 2. The van der Waals surface area contributed by atoms with E-state index < -0.39 is 18.0 Å². The van der Waals surface area contributed by atoms with Crippen molar-refractivity contribution in [3.63, 3.8) is 0 Å². The van der Waals surface area contributed by atoms with E-state index in [1.54, 1.807) is 0 Å². The molecule has 1 aliphatic rings. The third-order valence-corrected chi connectivity index (χ3v) is 3.61. The summed E-state index contributed by atoms with van der Waals surface area (Å²) in [6, 6.07) is -1.09. The van der Waals surface area contributed by atoms with Gasteiger partial charge < -0.3 is 15.7 Å². The number of rotatable bonds is 3. The molecular weight excluding hydrogens is 216 g/mol. The molecule has 0 radical (unpaired) electrons. The van der Waals surface area contributed by atoms with Gasteiger partial charge in [0.1, 0.15) is 6.04 Å². The second-order valence-corrected chi connectivity index (χ2v) is 5.23. The third-order valence-electron chi connectivity index (χ3n) is 2.25. The van der Waals surface area contributed by atoms with Gasteiger partial charge in [-0.1, -0.05) is 6.92 Å². The SMILES string of the molecule is CC1CC(NC(=O)N[C@H](C)C(=O)O)CS1. The number of aliphatic carboxylic acids is 1. The summed E-state index contributed by atoms with van der Waals surface area (Å²) in [6.07, 6.45) is 0.944. The summed E-state index contributed by atoms with van der Waals surface area (Å²) in [5, 5.41) is 14.3. The fourth-order valence-electron chi connectivity index (χ4n) is 1.40. The zero-order chi connectivity index (χ0) is 11.4. The summed E-state index contributed by atoms with van der Waals surface area (Å²) < 4.78 is 0. The van der Waals surface area contributed by atoms with Gasteiger partial charge in [0.15, 0.2) is 0 Å². The topological polar surface area (TPSA) is 78.4 Å². The van der Waals surface area contributed by atoms with E-state index in [2.05, 4.69) is 17.6 Å². The van der Waals surface area contributed by atoms with Crippen LogP contribution in [0, 0.1) is 0 Å². The second-order valence-electron chi connectivity index (χ2n) is 3.75. The molecule has 5 nitrogen and oxygen atoms in total. The number of carboxylic acids is 1. The van der Waals surface area contributed by atoms with Crippen molar-refractivity contribution in [3.8, 4) is 0 Å². The number of carbonyl (C=O) groups is 2. The van der Waals surface area contributed by atoms with Crippen molar-refractivity contribution < 1.29 is 14.7 Å². The molecule has 2 amide bonds. The van der Waals surface area contributed by atoms with Crippen LogP contribution in [0.3, 0.4) is 0 Å². The smallest absolute Gasteiger partial charge is 0.325 e. The van der Waals surface area contributed by atoms with E-state index in [1.807, 2.05) is 11.8 Å². The van der Waals surface area contributed by atoms with Gasteiger partial charge in [0.05, 0.1) is 0 Å². The third kappa shape index (κ3) is 3.99. The summed E-state index contributed by atoms with van der Waals surface area (Å²) in [4.78, 5) is 21.8. The Morgan fingerprint density at radius 2 is 2.20 bits per heavy atom. The van der Waals surface area contributed by atoms with Gasteiger partial charge in [0.2, 0.25) is 0 Å². The molecular formula is C9H16N2O3S. The zero-order valence-electron chi connectivity index (χ0n) is 8.82. The number of hydrogen-bond acceptors (Lipinski definition) is 3. The molecule has 0 aromatic heterocycles. The minimum absolute atomic E-state index is 0.158. The lowest BCUT2D eigenvalue weighted by Gasteiger charge is -2.14. The first-order valence-corrected chi connectivity index (χ1v) is 5.95. The summed E-state index contributed by atoms with van der Waals surface area (Å²) in [5.41, 5.74) is 0. The molecule has 0 saturated carbocycles. The van der Waals surface area contributed by atoms with Gasteiger partial charge in [0.25, 0.3) is 0 Å². The van der Waals surface area contributed by atoms with Gasteiger partial charge in [0, 0.05) is 17.0 Å². The maximum Gasteiger partial charge on any atom is 0.325 e. The van der Waals surface area contributed by atoms with E-state index in [0.717, 1.165) is 12.2 Å². The molecule has 0 spiro atoms. The lowest BCUT2D eigenvalue weighted by Crippen LogP contribution is -2.47. The Balaban J connectivity index is 2.27. The molecule has 15 heavy (non-hydrogen) atoms. The minimum Gasteiger partial charge on any atom is -0.480 e. The zero-order valence-corrected chi connectivity index (χ0v) is 9.63. The van der Waals surface area contributed by atoms with Gasteiger partial charge >= 0.3 is 12.0 Å². The first-order chi connectivity index (χ1) is 6.99. The maximum absolute atomic E-state index is 11.3. The number of carbonyl (C=O) groups excluding carboxylic acids is 1. The van der Waals surface area contributed by atoms with Crippen molar-refractivity contribution in [2.45, 2.75) is 37.6 Å². The maximum atomic E-state index is 11.3. The van der Waals surface area contributed by atoms with Gasteiger partial charge in [-0.05, 0) is 13.3 Å². The predicted molar refractivity (Wildman–Crippen MR) is 59.1 cm³/mol. The highest BCUT2D eigenvalue weighted by Crippen LogP contribution is 2.25. The van der Waals surface area contributed by atoms with Crippen molar-refractivity contribution >= 4 is 23.8 Å². The summed E-state index contributed by atoms with van der Waals surface area (Å²) in [7, 11) is 0. The number of hydrogen-bond donors (Lipinski definition) is 3. The van der Waals surface area contributed by atoms with E-state index >= 15 is 0 Å². The van der Waals surface area contributed by atoms with Crippen LogP contribution in [-0.4, -0.2) is 40.2 Å².